The molecule has 0 spiro atoms. The molecule has 0 bridgehead atoms. The molecule has 1 heterocycles. The summed E-state index contributed by atoms with van der Waals surface area (Å²) in [7, 11) is 6.59. The van der Waals surface area contributed by atoms with Gasteiger partial charge in [0.2, 0.25) is 5.75 Å². The molecule has 142 valence electrons. The third-order valence-electron chi connectivity index (χ3n) is 4.06. The Morgan fingerprint density at radius 1 is 1.08 bits per heavy atom. The predicted octanol–water partition coefficient (Wildman–Crippen LogP) is 3.24. The van der Waals surface area contributed by atoms with Gasteiger partial charge in [0.05, 0.1) is 21.3 Å². The van der Waals surface area contributed by atoms with Crippen LogP contribution in [0.1, 0.15) is 23.3 Å². The SMILES string of the molecule is CN=C(NCc1ccc(OC)c(OC)c1OC)NCC(C)c1cccs1. The first-order valence-corrected chi connectivity index (χ1v) is 9.28. The standard InChI is InChI=1S/C19H27N3O3S/c1-13(16-7-6-10-26-16)11-21-19(20-2)22-12-14-8-9-15(23-3)18(25-5)17(14)24-4/h6-10,13H,11-12H2,1-5H3,(H2,20,21,22). The Morgan fingerprint density at radius 2 is 1.85 bits per heavy atom. The number of guanidine groups is 1. The lowest BCUT2D eigenvalue weighted by Gasteiger charge is -2.18. The molecule has 1 atom stereocenters. The average Bonchev–Trinajstić information content (AvgIpc) is 3.21. The Morgan fingerprint density at radius 3 is 2.42 bits per heavy atom. The second kappa shape index (κ2) is 9.91. The summed E-state index contributed by atoms with van der Waals surface area (Å²) in [6, 6.07) is 8.05. The number of methoxy groups -OCH3 is 3. The van der Waals surface area contributed by atoms with Crippen molar-refractivity contribution in [3.05, 3.63) is 40.1 Å². The lowest BCUT2D eigenvalue weighted by Crippen LogP contribution is -2.38. The highest BCUT2D eigenvalue weighted by Gasteiger charge is 2.16. The zero-order chi connectivity index (χ0) is 18.9. The van der Waals surface area contributed by atoms with E-state index in [1.165, 1.54) is 4.88 Å². The fourth-order valence-corrected chi connectivity index (χ4v) is 3.41. The van der Waals surface area contributed by atoms with Crippen molar-refractivity contribution in [1.29, 1.82) is 0 Å². The summed E-state index contributed by atoms with van der Waals surface area (Å²) < 4.78 is 16.3. The zero-order valence-corrected chi connectivity index (χ0v) is 16.8. The minimum Gasteiger partial charge on any atom is -0.493 e. The Hall–Kier alpha value is -2.41. The largest absolute Gasteiger partial charge is 0.493 e. The van der Waals surface area contributed by atoms with Crippen LogP contribution >= 0.6 is 11.3 Å². The Kier molecular flexibility index (Phi) is 7.59. The number of nitrogens with zero attached hydrogens (tertiary/aromatic N) is 1. The maximum Gasteiger partial charge on any atom is 0.203 e. The first-order chi connectivity index (χ1) is 12.6. The molecular weight excluding hydrogens is 350 g/mol. The molecule has 2 N–H and O–H groups in total. The van der Waals surface area contributed by atoms with E-state index < -0.39 is 0 Å². The third kappa shape index (κ3) is 4.82. The minimum atomic E-state index is 0.421. The van der Waals surface area contributed by atoms with Crippen LogP contribution in [0.15, 0.2) is 34.6 Å². The van der Waals surface area contributed by atoms with Crippen molar-refractivity contribution in [1.82, 2.24) is 10.6 Å². The van der Waals surface area contributed by atoms with Crippen LogP contribution in [0.2, 0.25) is 0 Å². The van der Waals surface area contributed by atoms with Gasteiger partial charge in [-0.25, -0.2) is 0 Å². The van der Waals surface area contributed by atoms with Crippen molar-refractivity contribution in [2.45, 2.75) is 19.4 Å². The van der Waals surface area contributed by atoms with Crippen LogP contribution in [0, 0.1) is 0 Å². The van der Waals surface area contributed by atoms with Gasteiger partial charge in [-0.15, -0.1) is 11.3 Å². The van der Waals surface area contributed by atoms with Gasteiger partial charge >= 0.3 is 0 Å². The summed E-state index contributed by atoms with van der Waals surface area (Å²) in [5.41, 5.74) is 0.958. The number of hydrogen-bond acceptors (Lipinski definition) is 5. The maximum atomic E-state index is 5.52. The minimum absolute atomic E-state index is 0.421. The summed E-state index contributed by atoms with van der Waals surface area (Å²) >= 11 is 1.77. The van der Waals surface area contributed by atoms with E-state index >= 15 is 0 Å². The first-order valence-electron chi connectivity index (χ1n) is 8.40. The highest BCUT2D eigenvalue weighted by molar-refractivity contribution is 7.10. The number of ether oxygens (including phenoxy) is 3. The van der Waals surface area contributed by atoms with Gasteiger partial charge in [0.25, 0.3) is 0 Å². The third-order valence-corrected chi connectivity index (χ3v) is 5.16. The number of aliphatic imine (C=N–C) groups is 1. The van der Waals surface area contributed by atoms with Gasteiger partial charge in [-0.3, -0.25) is 4.99 Å². The van der Waals surface area contributed by atoms with Crippen LogP contribution in [-0.2, 0) is 6.54 Å². The van der Waals surface area contributed by atoms with E-state index in [1.807, 2.05) is 12.1 Å². The van der Waals surface area contributed by atoms with Crippen LogP contribution in [0.5, 0.6) is 17.2 Å². The lowest BCUT2D eigenvalue weighted by molar-refractivity contribution is 0.322. The number of nitrogens with one attached hydrogen (secondary N) is 2. The molecule has 1 aromatic carbocycles. The molecule has 0 aliphatic heterocycles. The van der Waals surface area contributed by atoms with Gasteiger partial charge in [0.1, 0.15) is 0 Å². The maximum absolute atomic E-state index is 5.52. The molecule has 0 radical (unpaired) electrons. The van der Waals surface area contributed by atoms with Crippen LogP contribution in [-0.4, -0.2) is 40.9 Å². The van der Waals surface area contributed by atoms with Gasteiger partial charge in [0.15, 0.2) is 17.5 Å². The molecule has 0 saturated heterocycles. The highest BCUT2D eigenvalue weighted by atomic mass is 32.1. The molecule has 0 aliphatic carbocycles. The molecule has 0 amide bonds. The van der Waals surface area contributed by atoms with E-state index in [4.69, 9.17) is 14.2 Å². The molecule has 2 rings (SSSR count). The number of benzene rings is 1. The molecule has 26 heavy (non-hydrogen) atoms. The second-order valence-corrected chi connectivity index (χ2v) is 6.70. The molecule has 1 aromatic heterocycles. The Bertz CT molecular complexity index is 717. The number of hydrogen-bond donors (Lipinski definition) is 2. The highest BCUT2D eigenvalue weighted by Crippen LogP contribution is 2.39. The van der Waals surface area contributed by atoms with Gasteiger partial charge in [-0.05, 0) is 23.6 Å². The van der Waals surface area contributed by atoms with E-state index in [9.17, 15) is 0 Å². The van der Waals surface area contributed by atoms with Crippen molar-refractivity contribution in [3.63, 3.8) is 0 Å². The molecule has 0 fully saturated rings. The van der Waals surface area contributed by atoms with E-state index in [0.29, 0.717) is 29.7 Å². The summed E-state index contributed by atoms with van der Waals surface area (Å²) in [6.45, 7) is 3.56. The van der Waals surface area contributed by atoms with Crippen molar-refractivity contribution in [2.75, 3.05) is 34.9 Å². The van der Waals surface area contributed by atoms with Crippen molar-refractivity contribution < 1.29 is 14.2 Å². The van der Waals surface area contributed by atoms with Crippen LogP contribution in [0.3, 0.4) is 0 Å². The van der Waals surface area contributed by atoms with E-state index in [2.05, 4.69) is 40.1 Å². The summed E-state index contributed by atoms with van der Waals surface area (Å²) in [4.78, 5) is 5.65. The van der Waals surface area contributed by atoms with Crippen molar-refractivity contribution >= 4 is 17.3 Å². The summed E-state index contributed by atoms with van der Waals surface area (Å²) in [5.74, 6) is 3.04. The molecule has 2 aromatic rings. The summed E-state index contributed by atoms with van der Waals surface area (Å²) in [5, 5.41) is 8.78. The Balaban J connectivity index is 2.00. The van der Waals surface area contributed by atoms with E-state index in [0.717, 1.165) is 18.1 Å². The molecule has 6 nitrogen and oxygen atoms in total. The van der Waals surface area contributed by atoms with Gasteiger partial charge < -0.3 is 24.8 Å². The van der Waals surface area contributed by atoms with Crippen LogP contribution in [0.25, 0.3) is 0 Å². The molecule has 0 aliphatic rings. The monoisotopic (exact) mass is 377 g/mol. The van der Waals surface area contributed by atoms with Crippen LogP contribution in [0.4, 0.5) is 0 Å². The normalized spacial score (nSPS) is 12.4. The topological polar surface area (TPSA) is 64.1 Å². The fourth-order valence-electron chi connectivity index (χ4n) is 2.62. The van der Waals surface area contributed by atoms with Gasteiger partial charge in [0, 0.05) is 36.5 Å². The fraction of sp³-hybridized carbons (Fsp3) is 0.421. The molecule has 0 saturated carbocycles. The number of thiophene rings is 1. The average molecular weight is 378 g/mol. The second-order valence-electron chi connectivity index (χ2n) is 5.72. The molecule has 1 unspecified atom stereocenters. The predicted molar refractivity (Wildman–Crippen MR) is 107 cm³/mol. The van der Waals surface area contributed by atoms with Crippen LogP contribution < -0.4 is 24.8 Å². The van der Waals surface area contributed by atoms with E-state index in [1.54, 1.807) is 39.7 Å². The lowest BCUT2D eigenvalue weighted by atomic mass is 10.1. The van der Waals surface area contributed by atoms with Crippen molar-refractivity contribution in [3.8, 4) is 17.2 Å². The zero-order valence-electron chi connectivity index (χ0n) is 16.0. The smallest absolute Gasteiger partial charge is 0.203 e. The Labute approximate surface area is 159 Å². The number of rotatable bonds is 8. The molecule has 7 heteroatoms. The van der Waals surface area contributed by atoms with Gasteiger partial charge in [-0.1, -0.05) is 13.0 Å². The van der Waals surface area contributed by atoms with Crippen molar-refractivity contribution in [2.24, 2.45) is 4.99 Å². The van der Waals surface area contributed by atoms with E-state index in [-0.39, 0.29) is 0 Å². The first kappa shape index (κ1) is 19.9. The summed E-state index contributed by atoms with van der Waals surface area (Å²) in [6.07, 6.45) is 0. The van der Waals surface area contributed by atoms with Gasteiger partial charge in [-0.2, -0.15) is 0 Å². The molecular formula is C19H27N3O3S. The quantitative estimate of drug-likeness (QED) is 0.546.